The van der Waals surface area contributed by atoms with Crippen molar-refractivity contribution in [3.63, 3.8) is 0 Å². The number of ketones is 1. The van der Waals surface area contributed by atoms with Gasteiger partial charge in [-0.3, -0.25) is 4.79 Å². The summed E-state index contributed by atoms with van der Waals surface area (Å²) < 4.78 is 42.5. The fourth-order valence-corrected chi connectivity index (χ4v) is 7.13. The summed E-state index contributed by atoms with van der Waals surface area (Å²) in [5, 5.41) is 20.4. The van der Waals surface area contributed by atoms with Crippen LogP contribution in [0.25, 0.3) is 41.3 Å². The first-order valence-corrected chi connectivity index (χ1v) is 15.9. The van der Waals surface area contributed by atoms with Crippen molar-refractivity contribution in [1.29, 1.82) is 0 Å². The van der Waals surface area contributed by atoms with Gasteiger partial charge >= 0.3 is 158 Å². The van der Waals surface area contributed by atoms with Gasteiger partial charge in [0.25, 0.3) is 0 Å². The zero-order chi connectivity index (χ0) is 30.4. The Bertz CT molecular complexity index is 1690. The third-order valence-corrected chi connectivity index (χ3v) is 9.82. The molecule has 1 N–H and O–H groups in total. The molecule has 0 unspecified atom stereocenters. The fourth-order valence-electron chi connectivity index (χ4n) is 5.02. The molecule has 0 saturated heterocycles. The van der Waals surface area contributed by atoms with E-state index in [2.05, 4.69) is 16.3 Å². The van der Waals surface area contributed by atoms with Gasteiger partial charge in [-0.25, -0.2) is 0 Å². The third kappa shape index (κ3) is 8.01. The second-order valence-electron chi connectivity index (χ2n) is 10.2. The molecule has 0 bridgehead atoms. The van der Waals surface area contributed by atoms with Gasteiger partial charge in [0.15, 0.2) is 5.78 Å². The summed E-state index contributed by atoms with van der Waals surface area (Å²) in [6.07, 6.45) is 0.345. The van der Waals surface area contributed by atoms with Crippen molar-refractivity contribution in [3.05, 3.63) is 84.3 Å². The van der Waals surface area contributed by atoms with Crippen molar-refractivity contribution in [2.75, 3.05) is 0 Å². The van der Waals surface area contributed by atoms with Crippen molar-refractivity contribution in [2.24, 2.45) is 11.8 Å². The first-order chi connectivity index (χ1) is 20.1. The number of hydrogen-bond donors (Lipinski definition) is 1. The molecule has 229 valence electrons. The first-order valence-electron chi connectivity index (χ1n) is 14.2. The summed E-state index contributed by atoms with van der Waals surface area (Å²) in [5.74, 6) is 0.547. The van der Waals surface area contributed by atoms with Crippen LogP contribution in [0.1, 0.15) is 59.1 Å². The number of rotatable bonds is 8. The van der Waals surface area contributed by atoms with E-state index >= 15 is 0 Å². The maximum absolute atomic E-state index is 13.5. The predicted octanol–water partition coefficient (Wildman–Crippen LogP) is 9.35. The minimum atomic E-state index is -4.56. The number of aliphatic hydroxyl groups excluding tert-OH is 1. The van der Waals surface area contributed by atoms with Gasteiger partial charge < -0.3 is 5.11 Å². The van der Waals surface area contributed by atoms with Crippen molar-refractivity contribution in [1.82, 2.24) is 10.2 Å². The molecule has 4 nitrogen and oxygen atoms in total. The van der Waals surface area contributed by atoms with E-state index in [0.717, 1.165) is 50.5 Å². The summed E-state index contributed by atoms with van der Waals surface area (Å²) in [6.45, 7) is 8.07. The van der Waals surface area contributed by atoms with Gasteiger partial charge in [-0.05, 0) is 25.7 Å². The summed E-state index contributed by atoms with van der Waals surface area (Å²) >= 11 is -0.0659. The average Bonchev–Trinajstić information content (AvgIpc) is 3.41. The minimum absolute atomic E-state index is 0. The smallest absolute Gasteiger partial charge is 0 e. The molecule has 9 heteroatoms. The molecule has 0 atom stereocenters. The molecule has 5 rings (SSSR count). The van der Waals surface area contributed by atoms with Gasteiger partial charge in [-0.1, -0.05) is 27.7 Å². The van der Waals surface area contributed by atoms with Crippen molar-refractivity contribution < 1.29 is 43.2 Å². The fraction of sp³-hybridized carbons (Fsp3) is 0.324. The zero-order valence-corrected chi connectivity index (χ0v) is 28.6. The number of hydrogen-bond acceptors (Lipinski definition) is 4. The number of aromatic nitrogens is 2. The van der Waals surface area contributed by atoms with Crippen LogP contribution in [0, 0.1) is 17.9 Å². The Hall–Kier alpha value is -2.83. The molecule has 0 amide bonds. The third-order valence-electron chi connectivity index (χ3n) is 7.56. The van der Waals surface area contributed by atoms with Gasteiger partial charge in [-0.15, -0.1) is 0 Å². The van der Waals surface area contributed by atoms with E-state index < -0.39 is 11.9 Å². The predicted molar refractivity (Wildman–Crippen MR) is 165 cm³/mol. The molecular weight excluding hydrogens is 797 g/mol. The largest absolute Gasteiger partial charge is 0 e. The van der Waals surface area contributed by atoms with E-state index in [1.165, 1.54) is 6.08 Å². The molecule has 0 fully saturated rings. The zero-order valence-electron chi connectivity index (χ0n) is 24.5. The normalized spacial score (nSPS) is 12.1. The molecule has 43 heavy (non-hydrogen) atoms. The topological polar surface area (TPSA) is 63.1 Å². The molecule has 0 saturated carbocycles. The molecule has 0 aliphatic heterocycles. The number of allylic oxidation sites excluding steroid dienone is 2. The van der Waals surface area contributed by atoms with Crippen LogP contribution in [0.15, 0.2) is 72.5 Å². The van der Waals surface area contributed by atoms with E-state index in [-0.39, 0.29) is 63.4 Å². The molecule has 0 aliphatic carbocycles. The summed E-state index contributed by atoms with van der Waals surface area (Å²) in [4.78, 5) is 11.7. The van der Waals surface area contributed by atoms with Crippen LogP contribution in [-0.4, -0.2) is 35.6 Å². The molecule has 1 radical (unpaired) electrons. The van der Waals surface area contributed by atoms with Gasteiger partial charge in [0.1, 0.15) is 0 Å². The SMILES string of the molecule is CCC(CC)C(=O)/C=C(\O)C(CC)CC.FC(F)(F)c1nnc(-c2[c-]c3ccccc3[se]2)c2cc3ccccc3cc12.[Ir]. The Balaban J connectivity index is 0.000000274. The second kappa shape index (κ2) is 15.3. The van der Waals surface area contributed by atoms with Crippen LogP contribution in [0.2, 0.25) is 0 Å². The number of carbonyl (C=O) groups is 1. The molecule has 2 aromatic heterocycles. The monoisotopic (exact) mass is 832 g/mol. The maximum atomic E-state index is 13.5. The standard InChI is InChI=1S/C21H10F3N2Se.C13H24O2.Ir/c22-21(23,24)20-16-10-13-6-2-1-5-12(13)9-15(16)19(25-26-20)18-11-14-7-3-4-8-17(14)27-18;1-5-10(6-2)12(14)9-13(15)11(7-3)8-4;/h1-10H;9-11,14H,5-8H2,1-4H3;/q-1;;/b;12-9-;. The number of alkyl halides is 3. The number of benzene rings is 3. The van der Waals surface area contributed by atoms with Crippen LogP contribution in [0.4, 0.5) is 13.2 Å². The quantitative estimate of drug-likeness (QED) is 0.0557. The Kier molecular flexibility index (Phi) is 12.3. The molecule has 5 aromatic rings. The number of nitrogens with zero attached hydrogens (tertiary/aromatic N) is 2. The molecule has 0 aliphatic rings. The van der Waals surface area contributed by atoms with E-state index in [4.69, 9.17) is 0 Å². The Morgan fingerprint density at radius 2 is 1.44 bits per heavy atom. The summed E-state index contributed by atoms with van der Waals surface area (Å²) in [6, 6.07) is 21.9. The maximum Gasteiger partial charge on any atom is 0 e. The van der Waals surface area contributed by atoms with Gasteiger partial charge in [0.05, 0.1) is 5.76 Å². The second-order valence-corrected chi connectivity index (χ2v) is 12.4. The van der Waals surface area contributed by atoms with Crippen LogP contribution >= 0.6 is 0 Å². The van der Waals surface area contributed by atoms with Gasteiger partial charge in [0, 0.05) is 38.0 Å². The summed E-state index contributed by atoms with van der Waals surface area (Å²) in [5.41, 5.74) is -0.462. The van der Waals surface area contributed by atoms with Gasteiger partial charge in [-0.2, -0.15) is 0 Å². The van der Waals surface area contributed by atoms with E-state index in [1.807, 2.05) is 70.2 Å². The van der Waals surface area contributed by atoms with Gasteiger partial charge in [0.2, 0.25) is 0 Å². The molecule has 0 spiro atoms. The van der Waals surface area contributed by atoms with Crippen molar-refractivity contribution in [2.45, 2.75) is 59.6 Å². The minimum Gasteiger partial charge on any atom is 0 e. The Morgan fingerprint density at radius 3 is 2.00 bits per heavy atom. The Labute approximate surface area is 269 Å². The van der Waals surface area contributed by atoms with Crippen LogP contribution in [0.3, 0.4) is 0 Å². The van der Waals surface area contributed by atoms with E-state index in [0.29, 0.717) is 11.1 Å². The molecule has 3 aromatic carbocycles. The molecule has 2 heterocycles. The average molecular weight is 831 g/mol. The number of aliphatic hydroxyl groups is 1. The number of fused-ring (bicyclic) bond motifs is 3. The van der Waals surface area contributed by atoms with E-state index in [1.54, 1.807) is 18.2 Å². The van der Waals surface area contributed by atoms with Crippen LogP contribution in [-0.2, 0) is 31.1 Å². The number of carbonyl (C=O) groups excluding carboxylic acids is 1. The van der Waals surface area contributed by atoms with Crippen LogP contribution in [0.5, 0.6) is 0 Å². The van der Waals surface area contributed by atoms with Crippen molar-refractivity contribution >= 4 is 51.5 Å². The van der Waals surface area contributed by atoms with Crippen molar-refractivity contribution in [3.8, 4) is 10.1 Å². The molecular formula is C34H34F3IrN2O2Se-. The summed E-state index contributed by atoms with van der Waals surface area (Å²) in [7, 11) is 0. The Morgan fingerprint density at radius 1 is 0.884 bits per heavy atom. The number of halogens is 3. The van der Waals surface area contributed by atoms with E-state index in [9.17, 15) is 23.1 Å². The first kappa shape index (κ1) is 34.7. The van der Waals surface area contributed by atoms with Crippen LogP contribution < -0.4 is 0 Å².